The Bertz CT molecular complexity index is 316. The van der Waals surface area contributed by atoms with E-state index in [0.717, 1.165) is 0 Å². The van der Waals surface area contributed by atoms with Gasteiger partial charge in [0.1, 0.15) is 0 Å². The molecule has 12 heavy (non-hydrogen) atoms. The van der Waals surface area contributed by atoms with Crippen molar-refractivity contribution < 1.29 is 0 Å². The molecule has 0 aliphatic heterocycles. The summed E-state index contributed by atoms with van der Waals surface area (Å²) in [7, 11) is 0. The van der Waals surface area contributed by atoms with Crippen LogP contribution < -0.4 is 11.3 Å². The lowest BCUT2D eigenvalue weighted by atomic mass is 10.1. The molecule has 0 fully saturated rings. The van der Waals surface area contributed by atoms with Gasteiger partial charge in [-0.25, -0.2) is 4.68 Å². The van der Waals surface area contributed by atoms with Crippen molar-refractivity contribution in [1.29, 1.82) is 0 Å². The number of nitrogens with two attached hydrogens (primary N) is 1. The number of aromatic nitrogens is 2. The third-order valence-electron chi connectivity index (χ3n) is 1.74. The molecule has 0 aliphatic rings. The van der Waals surface area contributed by atoms with Crippen molar-refractivity contribution in [2.45, 2.75) is 32.9 Å². The van der Waals surface area contributed by atoms with E-state index >= 15 is 0 Å². The fourth-order valence-electron chi connectivity index (χ4n) is 1.05. The van der Waals surface area contributed by atoms with Crippen molar-refractivity contribution in [1.82, 2.24) is 9.78 Å². The second kappa shape index (κ2) is 2.79. The Morgan fingerprint density at radius 2 is 2.17 bits per heavy atom. The minimum absolute atomic E-state index is 0.0231. The summed E-state index contributed by atoms with van der Waals surface area (Å²) in [6.07, 6.45) is 1.66. The molecule has 1 aromatic heterocycles. The smallest absolute Gasteiger partial charge is 0.271 e. The summed E-state index contributed by atoms with van der Waals surface area (Å²) in [5.74, 6) is 0. The maximum atomic E-state index is 11.5. The third-order valence-corrected chi connectivity index (χ3v) is 1.74. The molecule has 1 heterocycles. The molecular formula is C8H15N3O. The zero-order valence-electron chi connectivity index (χ0n) is 7.72. The molecule has 0 saturated carbocycles. The average molecular weight is 169 g/mol. The van der Waals surface area contributed by atoms with E-state index in [-0.39, 0.29) is 11.1 Å². The predicted molar refractivity (Wildman–Crippen MR) is 47.9 cm³/mol. The van der Waals surface area contributed by atoms with Crippen molar-refractivity contribution >= 4 is 0 Å². The summed E-state index contributed by atoms with van der Waals surface area (Å²) in [6, 6.07) is 0. The maximum Gasteiger partial charge on any atom is 0.271 e. The number of H-pyrrole nitrogens is 1. The number of nitrogens with zero attached hydrogens (tertiary/aromatic N) is 1. The number of nitrogens with one attached hydrogen (secondary N) is 1. The lowest BCUT2D eigenvalue weighted by Crippen LogP contribution is -2.33. The van der Waals surface area contributed by atoms with Gasteiger partial charge >= 0.3 is 0 Å². The fraction of sp³-hybridized carbons (Fsp3) is 0.625. The van der Waals surface area contributed by atoms with Crippen LogP contribution in [0.3, 0.4) is 0 Å². The van der Waals surface area contributed by atoms with Crippen LogP contribution in [0, 0.1) is 0 Å². The monoisotopic (exact) mass is 169 g/mol. The highest BCUT2D eigenvalue weighted by Gasteiger charge is 2.16. The number of hydrogen-bond donors (Lipinski definition) is 2. The van der Waals surface area contributed by atoms with Crippen LogP contribution >= 0.6 is 0 Å². The second-order valence-corrected chi connectivity index (χ2v) is 3.81. The molecule has 4 nitrogen and oxygen atoms in total. The van der Waals surface area contributed by atoms with Gasteiger partial charge in [0.25, 0.3) is 5.56 Å². The van der Waals surface area contributed by atoms with Gasteiger partial charge in [-0.15, -0.1) is 0 Å². The Hall–Kier alpha value is -1.03. The van der Waals surface area contributed by atoms with E-state index in [4.69, 9.17) is 5.73 Å². The van der Waals surface area contributed by atoms with E-state index in [0.29, 0.717) is 12.1 Å². The van der Waals surface area contributed by atoms with E-state index in [1.165, 1.54) is 0 Å². The quantitative estimate of drug-likeness (QED) is 0.638. The first-order valence-electron chi connectivity index (χ1n) is 3.96. The van der Waals surface area contributed by atoms with Crippen LogP contribution in [0.25, 0.3) is 0 Å². The third kappa shape index (κ3) is 1.43. The average Bonchev–Trinajstić information content (AvgIpc) is 2.29. The lowest BCUT2D eigenvalue weighted by Gasteiger charge is -2.18. The summed E-state index contributed by atoms with van der Waals surface area (Å²) in [5.41, 5.74) is 5.78. The van der Waals surface area contributed by atoms with Crippen LogP contribution in [0.2, 0.25) is 0 Å². The van der Waals surface area contributed by atoms with Gasteiger partial charge in [0.05, 0.1) is 5.54 Å². The van der Waals surface area contributed by atoms with Crippen LogP contribution in [0.15, 0.2) is 11.0 Å². The van der Waals surface area contributed by atoms with Crippen LogP contribution in [-0.4, -0.2) is 9.78 Å². The normalized spacial score (nSPS) is 12.0. The topological polar surface area (TPSA) is 63.8 Å². The van der Waals surface area contributed by atoms with Crippen molar-refractivity contribution in [3.63, 3.8) is 0 Å². The van der Waals surface area contributed by atoms with Gasteiger partial charge in [0.2, 0.25) is 0 Å². The largest absolute Gasteiger partial charge is 0.326 e. The van der Waals surface area contributed by atoms with Crippen LogP contribution in [0.5, 0.6) is 0 Å². The Kier molecular flexibility index (Phi) is 2.10. The molecule has 1 rings (SSSR count). The predicted octanol–water partition coefficient (Wildman–Crippen LogP) is 0.390. The molecule has 0 aliphatic carbocycles. The molecule has 4 heteroatoms. The van der Waals surface area contributed by atoms with Gasteiger partial charge in [-0.2, -0.15) is 0 Å². The van der Waals surface area contributed by atoms with E-state index in [1.54, 1.807) is 10.9 Å². The molecule has 68 valence electrons. The number of aromatic amines is 1. The van der Waals surface area contributed by atoms with Crippen molar-refractivity contribution in [3.05, 3.63) is 22.1 Å². The van der Waals surface area contributed by atoms with E-state index < -0.39 is 0 Å². The zero-order chi connectivity index (χ0) is 9.35. The van der Waals surface area contributed by atoms with Gasteiger partial charge in [-0.05, 0) is 20.8 Å². The second-order valence-electron chi connectivity index (χ2n) is 3.81. The lowest BCUT2D eigenvalue weighted by molar-refractivity contribution is 0.345. The molecule has 0 saturated heterocycles. The summed E-state index contributed by atoms with van der Waals surface area (Å²) in [4.78, 5) is 11.5. The van der Waals surface area contributed by atoms with Crippen LogP contribution in [0.4, 0.5) is 0 Å². The first kappa shape index (κ1) is 9.06. The molecule has 0 unspecified atom stereocenters. The first-order chi connectivity index (χ1) is 5.46. The Labute approximate surface area is 71.4 Å². The SMILES string of the molecule is CC(C)(C)n1[nH]cc(CN)c1=O. The highest BCUT2D eigenvalue weighted by atomic mass is 16.1. The molecule has 0 spiro atoms. The molecular weight excluding hydrogens is 154 g/mol. The molecule has 0 radical (unpaired) electrons. The minimum atomic E-state index is -0.204. The Morgan fingerprint density at radius 3 is 2.42 bits per heavy atom. The molecule has 0 atom stereocenters. The Balaban J connectivity index is 3.21. The molecule has 0 amide bonds. The van der Waals surface area contributed by atoms with E-state index in [9.17, 15) is 4.79 Å². The van der Waals surface area contributed by atoms with Crippen molar-refractivity contribution in [3.8, 4) is 0 Å². The molecule has 0 aromatic carbocycles. The van der Waals surface area contributed by atoms with Crippen molar-refractivity contribution in [2.75, 3.05) is 0 Å². The standard InChI is InChI=1S/C8H15N3O/c1-8(2,3)11-7(12)6(4-9)5-10-11/h5,10H,4,9H2,1-3H3. The summed E-state index contributed by atoms with van der Waals surface area (Å²) in [5, 5.41) is 2.89. The maximum absolute atomic E-state index is 11.5. The minimum Gasteiger partial charge on any atom is -0.326 e. The first-order valence-corrected chi connectivity index (χ1v) is 3.96. The van der Waals surface area contributed by atoms with E-state index in [2.05, 4.69) is 5.10 Å². The fourth-order valence-corrected chi connectivity index (χ4v) is 1.05. The van der Waals surface area contributed by atoms with Crippen LogP contribution in [0.1, 0.15) is 26.3 Å². The summed E-state index contributed by atoms with van der Waals surface area (Å²) < 4.78 is 1.58. The highest BCUT2D eigenvalue weighted by Crippen LogP contribution is 2.08. The van der Waals surface area contributed by atoms with Crippen molar-refractivity contribution in [2.24, 2.45) is 5.73 Å². The number of rotatable bonds is 1. The highest BCUT2D eigenvalue weighted by molar-refractivity contribution is 5.04. The van der Waals surface area contributed by atoms with Gasteiger partial charge < -0.3 is 10.8 Å². The van der Waals surface area contributed by atoms with E-state index in [1.807, 2.05) is 20.8 Å². The zero-order valence-corrected chi connectivity index (χ0v) is 7.72. The van der Waals surface area contributed by atoms with Gasteiger partial charge in [0.15, 0.2) is 0 Å². The molecule has 3 N–H and O–H groups in total. The van der Waals surface area contributed by atoms with Gasteiger partial charge in [-0.3, -0.25) is 4.79 Å². The summed E-state index contributed by atoms with van der Waals surface area (Å²) in [6.45, 7) is 6.18. The van der Waals surface area contributed by atoms with Crippen LogP contribution in [-0.2, 0) is 12.1 Å². The molecule has 1 aromatic rings. The Morgan fingerprint density at radius 1 is 1.58 bits per heavy atom. The van der Waals surface area contributed by atoms with Gasteiger partial charge in [-0.1, -0.05) is 0 Å². The van der Waals surface area contributed by atoms with Gasteiger partial charge in [0, 0.05) is 18.3 Å². The molecule has 0 bridgehead atoms. The summed E-state index contributed by atoms with van der Waals surface area (Å²) >= 11 is 0. The number of hydrogen-bond acceptors (Lipinski definition) is 2.